The molecule has 3 heterocycles. The molecule has 6 rings (SSSR count). The van der Waals surface area contributed by atoms with Crippen LogP contribution < -0.4 is 16.0 Å². The number of nitrogens with zero attached hydrogens (tertiary/aromatic N) is 5. The van der Waals surface area contributed by atoms with E-state index in [2.05, 4.69) is 86.6 Å². The van der Waals surface area contributed by atoms with Gasteiger partial charge in [0.2, 0.25) is 5.91 Å². The molecule has 49 heavy (non-hydrogen) atoms. The Balaban J connectivity index is 1.07. The van der Waals surface area contributed by atoms with Crippen molar-refractivity contribution in [3.8, 4) is 0 Å². The minimum absolute atomic E-state index is 0.0528. The zero-order valence-corrected chi connectivity index (χ0v) is 29.0. The van der Waals surface area contributed by atoms with Gasteiger partial charge in [0.25, 0.3) is 5.91 Å². The average molecular weight is 660 g/mol. The van der Waals surface area contributed by atoms with E-state index in [1.165, 1.54) is 17.6 Å². The number of piperidine rings is 2. The van der Waals surface area contributed by atoms with E-state index in [0.717, 1.165) is 80.9 Å². The number of nitrogens with one attached hydrogen (secondary N) is 1. The zero-order valence-electron chi connectivity index (χ0n) is 29.0. The highest BCUT2D eigenvalue weighted by molar-refractivity contribution is 5.96. The summed E-state index contributed by atoms with van der Waals surface area (Å²) in [5.41, 5.74) is 12.7. The van der Waals surface area contributed by atoms with Crippen LogP contribution in [0.1, 0.15) is 77.1 Å². The fraction of sp³-hybridized carbons (Fsp3) is 0.400. The van der Waals surface area contributed by atoms with Crippen molar-refractivity contribution in [2.24, 2.45) is 5.73 Å². The Hall–Kier alpha value is -4.60. The summed E-state index contributed by atoms with van der Waals surface area (Å²) in [5.74, 6) is -0.133. The SMILES string of the molecule is Cc1ncnc(C)c1C(=O)N1CCC(C)(N2CCC(N(Cc3ccccc3)c3ccc(CNC(=O)C(N)c4ccccc4)cc3)CC2)CC1. The lowest BCUT2D eigenvalue weighted by Gasteiger charge is -2.50. The number of benzene rings is 3. The molecule has 2 aliphatic heterocycles. The zero-order chi connectivity index (χ0) is 34.4. The number of carbonyl (C=O) groups is 2. The molecule has 9 nitrogen and oxygen atoms in total. The fourth-order valence-corrected chi connectivity index (χ4v) is 7.41. The Labute approximate surface area is 290 Å². The number of anilines is 1. The van der Waals surface area contributed by atoms with Crippen molar-refractivity contribution in [3.63, 3.8) is 0 Å². The van der Waals surface area contributed by atoms with E-state index >= 15 is 0 Å². The number of hydrogen-bond acceptors (Lipinski definition) is 7. The van der Waals surface area contributed by atoms with Gasteiger partial charge < -0.3 is 20.9 Å². The molecule has 0 saturated carbocycles. The number of nitrogens with two attached hydrogens (primary N) is 1. The second-order valence-electron chi connectivity index (χ2n) is 13.8. The smallest absolute Gasteiger partial charge is 0.257 e. The van der Waals surface area contributed by atoms with Gasteiger partial charge >= 0.3 is 0 Å². The summed E-state index contributed by atoms with van der Waals surface area (Å²) < 4.78 is 0. The first-order valence-corrected chi connectivity index (χ1v) is 17.5. The quantitative estimate of drug-likeness (QED) is 0.229. The van der Waals surface area contributed by atoms with Crippen molar-refractivity contribution < 1.29 is 9.59 Å². The molecule has 4 aromatic rings. The van der Waals surface area contributed by atoms with Gasteiger partial charge in [-0.05, 0) is 75.3 Å². The van der Waals surface area contributed by atoms with Gasteiger partial charge in [0, 0.05) is 56.5 Å². The topological polar surface area (TPSA) is 108 Å². The molecule has 256 valence electrons. The van der Waals surface area contributed by atoms with Crippen molar-refractivity contribution in [2.45, 2.75) is 77.2 Å². The maximum Gasteiger partial charge on any atom is 0.257 e. The minimum atomic E-state index is -0.692. The molecular weight excluding hydrogens is 610 g/mol. The molecule has 1 unspecified atom stereocenters. The van der Waals surface area contributed by atoms with Gasteiger partial charge in [-0.25, -0.2) is 9.97 Å². The summed E-state index contributed by atoms with van der Waals surface area (Å²) in [6, 6.07) is 28.4. The van der Waals surface area contributed by atoms with Gasteiger partial charge in [-0.1, -0.05) is 72.8 Å². The molecule has 2 saturated heterocycles. The van der Waals surface area contributed by atoms with Crippen LogP contribution in [0.25, 0.3) is 0 Å². The van der Waals surface area contributed by atoms with Crippen molar-refractivity contribution in [2.75, 3.05) is 31.1 Å². The molecule has 1 atom stereocenters. The number of rotatable bonds is 10. The van der Waals surface area contributed by atoms with E-state index in [4.69, 9.17) is 5.73 Å². The maximum absolute atomic E-state index is 13.4. The highest BCUT2D eigenvalue weighted by Crippen LogP contribution is 2.34. The Bertz CT molecular complexity index is 1680. The molecule has 2 fully saturated rings. The van der Waals surface area contributed by atoms with Gasteiger partial charge in [-0.2, -0.15) is 0 Å². The third-order valence-corrected chi connectivity index (χ3v) is 10.6. The van der Waals surface area contributed by atoms with E-state index in [1.807, 2.05) is 49.1 Å². The molecule has 9 heteroatoms. The van der Waals surface area contributed by atoms with Crippen molar-refractivity contribution in [1.82, 2.24) is 25.1 Å². The average Bonchev–Trinajstić information content (AvgIpc) is 3.14. The van der Waals surface area contributed by atoms with Gasteiger partial charge in [0.1, 0.15) is 12.4 Å². The van der Waals surface area contributed by atoms with E-state index in [9.17, 15) is 9.59 Å². The monoisotopic (exact) mass is 659 g/mol. The van der Waals surface area contributed by atoms with Crippen LogP contribution in [-0.2, 0) is 17.9 Å². The number of aryl methyl sites for hydroxylation is 2. The molecule has 0 aliphatic carbocycles. The van der Waals surface area contributed by atoms with Crippen molar-refractivity contribution in [3.05, 3.63) is 125 Å². The fourth-order valence-electron chi connectivity index (χ4n) is 7.41. The molecule has 0 radical (unpaired) electrons. The summed E-state index contributed by atoms with van der Waals surface area (Å²) in [6.45, 7) is 11.0. The van der Waals surface area contributed by atoms with E-state index in [-0.39, 0.29) is 17.4 Å². The number of hydrogen-bond donors (Lipinski definition) is 2. The molecule has 2 amide bonds. The van der Waals surface area contributed by atoms with Gasteiger partial charge in [-0.3, -0.25) is 14.5 Å². The lowest BCUT2D eigenvalue weighted by molar-refractivity contribution is -0.122. The number of amides is 2. The van der Waals surface area contributed by atoms with Crippen LogP contribution in [0.15, 0.2) is 91.3 Å². The van der Waals surface area contributed by atoms with Gasteiger partial charge in [0.15, 0.2) is 0 Å². The lowest BCUT2D eigenvalue weighted by atomic mass is 9.85. The molecule has 0 bridgehead atoms. The highest BCUT2D eigenvalue weighted by Gasteiger charge is 2.39. The third kappa shape index (κ3) is 8.00. The van der Waals surface area contributed by atoms with Gasteiger partial charge in [0.05, 0.1) is 17.0 Å². The van der Waals surface area contributed by atoms with Crippen LogP contribution >= 0.6 is 0 Å². The van der Waals surface area contributed by atoms with E-state index in [0.29, 0.717) is 18.2 Å². The summed E-state index contributed by atoms with van der Waals surface area (Å²) >= 11 is 0. The highest BCUT2D eigenvalue weighted by atomic mass is 16.2. The molecule has 2 aliphatic rings. The Morgan fingerprint density at radius 1 is 0.857 bits per heavy atom. The van der Waals surface area contributed by atoms with Crippen LogP contribution in [0.2, 0.25) is 0 Å². The van der Waals surface area contributed by atoms with E-state index in [1.54, 1.807) is 0 Å². The normalized spacial score (nSPS) is 17.3. The molecule has 0 spiro atoms. The Kier molecular flexibility index (Phi) is 10.7. The Morgan fingerprint density at radius 2 is 1.45 bits per heavy atom. The Morgan fingerprint density at radius 3 is 2.06 bits per heavy atom. The summed E-state index contributed by atoms with van der Waals surface area (Å²) in [7, 11) is 0. The summed E-state index contributed by atoms with van der Waals surface area (Å²) in [6.07, 6.45) is 5.58. The van der Waals surface area contributed by atoms with Crippen molar-refractivity contribution >= 4 is 17.5 Å². The lowest BCUT2D eigenvalue weighted by Crippen LogP contribution is -2.58. The van der Waals surface area contributed by atoms with Crippen LogP contribution in [0, 0.1) is 13.8 Å². The maximum atomic E-state index is 13.4. The molecule has 1 aromatic heterocycles. The molecule has 3 aromatic carbocycles. The van der Waals surface area contributed by atoms with Crippen LogP contribution in [0.5, 0.6) is 0 Å². The summed E-state index contributed by atoms with van der Waals surface area (Å²) in [4.78, 5) is 41.9. The standard InChI is InChI=1S/C40H49N7O2/c1-29-36(30(2)44-28-43-29)39(49)45-24-20-40(3,21-25-45)46-22-18-35(19-23-46)47(27-32-10-6-4-7-11-32)34-16-14-31(15-17-34)26-42-38(48)37(41)33-12-8-5-9-13-33/h4-17,28,35,37H,18-27,41H2,1-3H3,(H,42,48). The third-order valence-electron chi connectivity index (χ3n) is 10.6. The second-order valence-corrected chi connectivity index (χ2v) is 13.8. The van der Waals surface area contributed by atoms with Crippen LogP contribution in [-0.4, -0.2) is 69.3 Å². The predicted molar refractivity (Wildman–Crippen MR) is 194 cm³/mol. The second kappa shape index (κ2) is 15.3. The first-order chi connectivity index (χ1) is 23.7. The van der Waals surface area contributed by atoms with Crippen LogP contribution in [0.4, 0.5) is 5.69 Å². The largest absolute Gasteiger partial charge is 0.364 e. The predicted octanol–water partition coefficient (Wildman–Crippen LogP) is 5.58. The van der Waals surface area contributed by atoms with Gasteiger partial charge in [-0.15, -0.1) is 0 Å². The first-order valence-electron chi connectivity index (χ1n) is 17.5. The molecule has 3 N–H and O–H groups in total. The minimum Gasteiger partial charge on any atom is -0.364 e. The molecular formula is C40H49N7O2. The van der Waals surface area contributed by atoms with Crippen LogP contribution in [0.3, 0.4) is 0 Å². The first kappa shape index (κ1) is 34.3. The summed E-state index contributed by atoms with van der Waals surface area (Å²) in [5, 5.41) is 3.00. The number of aromatic nitrogens is 2. The van der Waals surface area contributed by atoms with E-state index < -0.39 is 6.04 Å². The van der Waals surface area contributed by atoms with Crippen molar-refractivity contribution in [1.29, 1.82) is 0 Å². The number of likely N-dealkylation sites (tertiary alicyclic amines) is 2. The number of carbonyl (C=O) groups excluding carboxylic acids is 2.